The van der Waals surface area contributed by atoms with Crippen LogP contribution >= 0.6 is 0 Å². The molecular weight excluding hydrogens is 442 g/mol. The van der Waals surface area contributed by atoms with Gasteiger partial charge in [0.15, 0.2) is 0 Å². The molecular formula is C28H31N3O4. The van der Waals surface area contributed by atoms with Crippen LogP contribution < -0.4 is 16.0 Å². The van der Waals surface area contributed by atoms with Gasteiger partial charge in [0.05, 0.1) is 0 Å². The van der Waals surface area contributed by atoms with Gasteiger partial charge in [-0.25, -0.2) is 4.79 Å². The zero-order chi connectivity index (χ0) is 25.0. The number of hydrogen-bond acceptors (Lipinski definition) is 4. The third kappa shape index (κ3) is 8.97. The summed E-state index contributed by atoms with van der Waals surface area (Å²) in [7, 11) is 0. The third-order valence-electron chi connectivity index (χ3n) is 5.13. The van der Waals surface area contributed by atoms with E-state index in [2.05, 4.69) is 16.0 Å². The normalized spacial score (nSPS) is 11.4. The molecule has 7 nitrogen and oxygen atoms in total. The minimum atomic E-state index is -0.842. The summed E-state index contributed by atoms with van der Waals surface area (Å²) in [5.74, 6) is -0.165. The molecule has 35 heavy (non-hydrogen) atoms. The quantitative estimate of drug-likeness (QED) is 0.380. The Labute approximate surface area is 205 Å². The van der Waals surface area contributed by atoms with Gasteiger partial charge in [-0.15, -0.1) is 0 Å². The van der Waals surface area contributed by atoms with Crippen molar-refractivity contribution in [3.05, 3.63) is 96.1 Å². The van der Waals surface area contributed by atoms with Crippen molar-refractivity contribution in [2.75, 3.05) is 10.6 Å². The minimum absolute atomic E-state index is 0.0575. The van der Waals surface area contributed by atoms with E-state index in [1.165, 1.54) is 0 Å². The zero-order valence-corrected chi connectivity index (χ0v) is 20.0. The van der Waals surface area contributed by atoms with E-state index >= 15 is 0 Å². The Morgan fingerprint density at radius 3 is 1.86 bits per heavy atom. The maximum atomic E-state index is 13.1. The van der Waals surface area contributed by atoms with Crippen LogP contribution in [0, 0.1) is 5.92 Å². The fourth-order valence-electron chi connectivity index (χ4n) is 3.42. The largest absolute Gasteiger partial charge is 0.445 e. The summed E-state index contributed by atoms with van der Waals surface area (Å²) in [5, 5.41) is 8.35. The fourth-order valence-corrected chi connectivity index (χ4v) is 3.42. The molecule has 0 aliphatic carbocycles. The van der Waals surface area contributed by atoms with Gasteiger partial charge in [-0.1, -0.05) is 74.5 Å². The van der Waals surface area contributed by atoms with Crippen LogP contribution in [0.3, 0.4) is 0 Å². The molecule has 0 spiro atoms. The van der Waals surface area contributed by atoms with Gasteiger partial charge in [0, 0.05) is 24.2 Å². The molecule has 0 bridgehead atoms. The van der Waals surface area contributed by atoms with E-state index in [4.69, 9.17) is 4.74 Å². The summed E-state index contributed by atoms with van der Waals surface area (Å²) >= 11 is 0. The Hall–Kier alpha value is -4.13. The Bertz CT molecular complexity index is 1100. The minimum Gasteiger partial charge on any atom is -0.445 e. The highest BCUT2D eigenvalue weighted by Crippen LogP contribution is 2.16. The molecule has 0 aromatic heterocycles. The van der Waals surface area contributed by atoms with Crippen LogP contribution in [0.15, 0.2) is 84.9 Å². The molecule has 7 heteroatoms. The molecule has 0 saturated carbocycles. The Morgan fingerprint density at radius 2 is 1.29 bits per heavy atom. The Kier molecular flexibility index (Phi) is 9.42. The Morgan fingerprint density at radius 1 is 0.743 bits per heavy atom. The van der Waals surface area contributed by atoms with Crippen LogP contribution in [0.5, 0.6) is 0 Å². The molecule has 1 atom stereocenters. The van der Waals surface area contributed by atoms with Crippen molar-refractivity contribution in [1.82, 2.24) is 5.32 Å². The molecule has 0 unspecified atom stereocenters. The highest BCUT2D eigenvalue weighted by atomic mass is 16.5. The third-order valence-corrected chi connectivity index (χ3v) is 5.13. The number of carbonyl (C=O) groups excluding carboxylic acids is 3. The molecule has 3 aromatic rings. The van der Waals surface area contributed by atoms with E-state index in [1.807, 2.05) is 74.5 Å². The van der Waals surface area contributed by atoms with E-state index in [0.717, 1.165) is 11.1 Å². The number of benzene rings is 3. The predicted octanol–water partition coefficient (Wildman–Crippen LogP) is 5.15. The monoisotopic (exact) mass is 473 g/mol. The highest BCUT2D eigenvalue weighted by molar-refractivity contribution is 5.97. The standard InChI is InChI=1S/C28H31N3O4/c1-20(2)17-26(32)29-23-13-15-24(16-14-23)30-27(33)25(18-21-9-5-3-6-10-21)31-28(34)35-19-22-11-7-4-8-12-22/h3-16,20,25H,17-19H2,1-2H3,(H,29,32)(H,30,33)(H,31,34)/t25-/m1/s1. The van der Waals surface area contributed by atoms with E-state index < -0.39 is 12.1 Å². The summed E-state index contributed by atoms with van der Waals surface area (Å²) in [4.78, 5) is 37.5. The van der Waals surface area contributed by atoms with Crippen molar-refractivity contribution < 1.29 is 19.1 Å². The maximum Gasteiger partial charge on any atom is 0.408 e. The average molecular weight is 474 g/mol. The van der Waals surface area contributed by atoms with Crippen LogP contribution in [0.1, 0.15) is 31.4 Å². The first kappa shape index (κ1) is 25.5. The molecule has 0 heterocycles. The van der Waals surface area contributed by atoms with Crippen LogP contribution in [0.2, 0.25) is 0 Å². The van der Waals surface area contributed by atoms with Crippen molar-refractivity contribution in [2.24, 2.45) is 5.92 Å². The van der Waals surface area contributed by atoms with Gasteiger partial charge in [0.2, 0.25) is 11.8 Å². The van der Waals surface area contributed by atoms with Crippen molar-refractivity contribution in [2.45, 2.75) is 39.3 Å². The average Bonchev–Trinajstić information content (AvgIpc) is 2.84. The SMILES string of the molecule is CC(C)CC(=O)Nc1ccc(NC(=O)[C@@H](Cc2ccccc2)NC(=O)OCc2ccccc2)cc1. The first-order chi connectivity index (χ1) is 16.9. The van der Waals surface area contributed by atoms with E-state index in [9.17, 15) is 14.4 Å². The molecule has 0 aliphatic rings. The van der Waals surface area contributed by atoms with Gasteiger partial charge in [0.25, 0.3) is 0 Å². The van der Waals surface area contributed by atoms with Crippen molar-refractivity contribution in [1.29, 1.82) is 0 Å². The second-order valence-electron chi connectivity index (χ2n) is 8.66. The number of ether oxygens (including phenoxy) is 1. The number of alkyl carbamates (subject to hydrolysis) is 1. The second kappa shape index (κ2) is 12.9. The van der Waals surface area contributed by atoms with Gasteiger partial charge in [-0.3, -0.25) is 9.59 Å². The molecule has 0 radical (unpaired) electrons. The van der Waals surface area contributed by atoms with Crippen molar-refractivity contribution in [3.8, 4) is 0 Å². The molecule has 3 aromatic carbocycles. The summed E-state index contributed by atoms with van der Waals surface area (Å²) < 4.78 is 5.31. The van der Waals surface area contributed by atoms with Gasteiger partial charge in [-0.05, 0) is 41.3 Å². The fraction of sp³-hybridized carbons (Fsp3) is 0.250. The van der Waals surface area contributed by atoms with E-state index in [1.54, 1.807) is 24.3 Å². The van der Waals surface area contributed by atoms with Gasteiger partial charge < -0.3 is 20.7 Å². The lowest BCUT2D eigenvalue weighted by Crippen LogP contribution is -2.45. The first-order valence-electron chi connectivity index (χ1n) is 11.6. The van der Waals surface area contributed by atoms with E-state index in [-0.39, 0.29) is 24.3 Å². The highest BCUT2D eigenvalue weighted by Gasteiger charge is 2.22. The number of anilines is 2. The molecule has 3 rings (SSSR count). The summed E-state index contributed by atoms with van der Waals surface area (Å²) in [5.41, 5.74) is 2.96. The smallest absolute Gasteiger partial charge is 0.408 e. The van der Waals surface area contributed by atoms with Crippen molar-refractivity contribution >= 4 is 29.3 Å². The molecule has 182 valence electrons. The molecule has 0 fully saturated rings. The molecule has 3 N–H and O–H groups in total. The van der Waals surface area contributed by atoms with Crippen LogP contribution in [0.25, 0.3) is 0 Å². The van der Waals surface area contributed by atoms with E-state index in [0.29, 0.717) is 24.2 Å². The predicted molar refractivity (Wildman–Crippen MR) is 137 cm³/mol. The number of hydrogen-bond donors (Lipinski definition) is 3. The number of nitrogens with one attached hydrogen (secondary N) is 3. The van der Waals surface area contributed by atoms with Crippen LogP contribution in [-0.2, 0) is 27.4 Å². The molecule has 3 amide bonds. The zero-order valence-electron chi connectivity index (χ0n) is 20.0. The maximum absolute atomic E-state index is 13.1. The van der Waals surface area contributed by atoms with Crippen LogP contribution in [0.4, 0.5) is 16.2 Å². The number of rotatable bonds is 10. The van der Waals surface area contributed by atoms with Gasteiger partial charge >= 0.3 is 6.09 Å². The lowest BCUT2D eigenvalue weighted by Gasteiger charge is -2.19. The van der Waals surface area contributed by atoms with Gasteiger partial charge in [0.1, 0.15) is 12.6 Å². The molecule has 0 aliphatic heterocycles. The summed E-state index contributed by atoms with van der Waals surface area (Å²) in [6.45, 7) is 4.07. The lowest BCUT2D eigenvalue weighted by atomic mass is 10.1. The first-order valence-corrected chi connectivity index (χ1v) is 11.6. The summed E-state index contributed by atoms with van der Waals surface area (Å²) in [6, 6.07) is 24.8. The van der Waals surface area contributed by atoms with Gasteiger partial charge in [-0.2, -0.15) is 0 Å². The topological polar surface area (TPSA) is 96.5 Å². The summed E-state index contributed by atoms with van der Waals surface area (Å²) in [6.07, 6.45) is 0.0652. The van der Waals surface area contributed by atoms with Crippen LogP contribution in [-0.4, -0.2) is 23.9 Å². The number of amides is 3. The lowest BCUT2D eigenvalue weighted by molar-refractivity contribution is -0.118. The second-order valence-corrected chi connectivity index (χ2v) is 8.66. The Balaban J connectivity index is 1.62. The molecule has 0 saturated heterocycles. The van der Waals surface area contributed by atoms with Crippen molar-refractivity contribution in [3.63, 3.8) is 0 Å². The number of carbonyl (C=O) groups is 3.